The van der Waals surface area contributed by atoms with Crippen molar-refractivity contribution in [2.24, 2.45) is 0 Å². The lowest BCUT2D eigenvalue weighted by Gasteiger charge is -2.21. The van der Waals surface area contributed by atoms with Gasteiger partial charge in [-0.3, -0.25) is 9.36 Å². The number of para-hydroxylation sites is 1. The second-order valence-corrected chi connectivity index (χ2v) is 8.19. The van der Waals surface area contributed by atoms with Gasteiger partial charge >= 0.3 is 0 Å². The molecule has 0 aliphatic rings. The van der Waals surface area contributed by atoms with Gasteiger partial charge < -0.3 is 11.1 Å². The van der Waals surface area contributed by atoms with Crippen LogP contribution in [0.5, 0.6) is 0 Å². The molecule has 3 N–H and O–H groups in total. The molecule has 0 spiro atoms. The van der Waals surface area contributed by atoms with Crippen LogP contribution in [-0.2, 0) is 0 Å². The van der Waals surface area contributed by atoms with Gasteiger partial charge in [0, 0.05) is 6.20 Å². The molecular formula is C26H19ClN8O. The lowest BCUT2D eigenvalue weighted by Crippen LogP contribution is -2.27. The van der Waals surface area contributed by atoms with Crippen LogP contribution in [0, 0.1) is 11.8 Å². The van der Waals surface area contributed by atoms with Crippen LogP contribution in [0.15, 0.2) is 78.0 Å². The molecule has 0 fully saturated rings. The normalized spacial score (nSPS) is 11.5. The molecule has 0 amide bonds. The maximum Gasteiger partial charge on any atom is 0.267 e. The van der Waals surface area contributed by atoms with E-state index in [0.29, 0.717) is 44.5 Å². The van der Waals surface area contributed by atoms with E-state index in [-0.39, 0.29) is 11.4 Å². The van der Waals surface area contributed by atoms with Crippen molar-refractivity contribution in [3.05, 3.63) is 106 Å². The van der Waals surface area contributed by atoms with Crippen molar-refractivity contribution in [1.29, 1.82) is 0 Å². The molecule has 0 aliphatic carbocycles. The molecule has 1 unspecified atom stereocenters. The molecule has 0 saturated carbocycles. The molecule has 10 heteroatoms. The van der Waals surface area contributed by atoms with Crippen LogP contribution in [0.25, 0.3) is 16.6 Å². The predicted molar refractivity (Wildman–Crippen MR) is 139 cm³/mol. The zero-order valence-electron chi connectivity index (χ0n) is 19.1. The monoisotopic (exact) mass is 494 g/mol. The topological polar surface area (TPSA) is 124 Å². The highest BCUT2D eigenvalue weighted by atomic mass is 35.5. The maximum atomic E-state index is 13.6. The van der Waals surface area contributed by atoms with Crippen molar-refractivity contribution < 1.29 is 0 Å². The van der Waals surface area contributed by atoms with Crippen LogP contribution in [-0.4, -0.2) is 29.7 Å². The van der Waals surface area contributed by atoms with Crippen LogP contribution in [0.4, 0.5) is 11.6 Å². The fraction of sp³-hybridized carbons (Fsp3) is 0.0769. The minimum Gasteiger partial charge on any atom is -0.382 e. The Hall–Kier alpha value is -4.81. The minimum atomic E-state index is -0.479. The Bertz CT molecular complexity index is 1680. The Kier molecular flexibility index (Phi) is 6.26. The smallest absolute Gasteiger partial charge is 0.267 e. The average Bonchev–Trinajstić information content (AvgIpc) is 2.89. The summed E-state index contributed by atoms with van der Waals surface area (Å²) >= 11 is 6.38. The minimum absolute atomic E-state index is 0.204. The number of halogens is 1. The Morgan fingerprint density at radius 3 is 2.64 bits per heavy atom. The third-order valence-electron chi connectivity index (χ3n) is 5.39. The first-order chi connectivity index (χ1) is 17.5. The summed E-state index contributed by atoms with van der Waals surface area (Å²) < 4.78 is 1.54. The van der Waals surface area contributed by atoms with Gasteiger partial charge in [0.05, 0.1) is 27.7 Å². The number of hydrogen-bond acceptors (Lipinski definition) is 8. The number of nitrogens with one attached hydrogen (secondary N) is 1. The highest BCUT2D eigenvalue weighted by molar-refractivity contribution is 6.35. The number of nitrogens with zero attached hydrogens (tertiary/aromatic N) is 6. The third-order valence-corrected chi connectivity index (χ3v) is 5.71. The van der Waals surface area contributed by atoms with Crippen molar-refractivity contribution in [3.8, 4) is 17.5 Å². The summed E-state index contributed by atoms with van der Waals surface area (Å²) in [7, 11) is 0. The van der Waals surface area contributed by atoms with Gasteiger partial charge in [0.25, 0.3) is 5.56 Å². The largest absolute Gasteiger partial charge is 0.382 e. The van der Waals surface area contributed by atoms with Crippen molar-refractivity contribution in [3.63, 3.8) is 0 Å². The number of anilines is 2. The second kappa shape index (κ2) is 9.82. The molecule has 2 aromatic carbocycles. The molecule has 1 atom stereocenters. The number of nitrogens with two attached hydrogens (primary N) is 1. The lowest BCUT2D eigenvalue weighted by molar-refractivity contribution is 0.730. The molecule has 5 aromatic rings. The number of fused-ring (bicyclic) bond motifs is 1. The van der Waals surface area contributed by atoms with E-state index in [1.807, 2.05) is 37.3 Å². The molecule has 176 valence electrons. The first kappa shape index (κ1) is 23.0. The van der Waals surface area contributed by atoms with Gasteiger partial charge in [-0.1, -0.05) is 41.8 Å². The number of nitrogen functional groups attached to an aromatic ring is 1. The van der Waals surface area contributed by atoms with Gasteiger partial charge in [0.2, 0.25) is 0 Å². The molecule has 9 nitrogen and oxygen atoms in total. The van der Waals surface area contributed by atoms with Crippen LogP contribution in [0.3, 0.4) is 0 Å². The van der Waals surface area contributed by atoms with Gasteiger partial charge in [-0.05, 0) is 49.2 Å². The van der Waals surface area contributed by atoms with Gasteiger partial charge in [0.15, 0.2) is 0 Å². The number of rotatable bonds is 4. The Balaban J connectivity index is 1.62. The summed E-state index contributed by atoms with van der Waals surface area (Å²) in [5.41, 5.74) is 7.87. The predicted octanol–water partition coefficient (Wildman–Crippen LogP) is 3.77. The molecule has 3 heterocycles. The Labute approximate surface area is 211 Å². The van der Waals surface area contributed by atoms with E-state index in [1.165, 1.54) is 6.33 Å². The van der Waals surface area contributed by atoms with E-state index in [4.69, 9.17) is 22.3 Å². The molecular weight excluding hydrogens is 476 g/mol. The number of hydrogen-bond donors (Lipinski definition) is 2. The SMILES string of the molecule is CC(Nc1ncnc(N)c1C#Cc1cccnn1)c1nc2cccc(Cl)c2c(=O)n1-c1ccccc1. The zero-order valence-corrected chi connectivity index (χ0v) is 19.8. The molecule has 0 saturated heterocycles. The van der Waals surface area contributed by atoms with Crippen LogP contribution in [0.2, 0.25) is 5.02 Å². The number of aromatic nitrogens is 6. The van der Waals surface area contributed by atoms with Gasteiger partial charge in [-0.15, -0.1) is 5.10 Å². The second-order valence-electron chi connectivity index (χ2n) is 7.79. The van der Waals surface area contributed by atoms with Gasteiger partial charge in [-0.2, -0.15) is 5.10 Å². The highest BCUT2D eigenvalue weighted by Crippen LogP contribution is 2.26. The van der Waals surface area contributed by atoms with Crippen LogP contribution >= 0.6 is 11.6 Å². The first-order valence-electron chi connectivity index (χ1n) is 11.0. The van der Waals surface area contributed by atoms with Crippen molar-refractivity contribution in [2.45, 2.75) is 13.0 Å². The summed E-state index contributed by atoms with van der Waals surface area (Å²) in [6.07, 6.45) is 2.91. The van der Waals surface area contributed by atoms with Gasteiger partial charge in [0.1, 0.15) is 35.0 Å². The summed E-state index contributed by atoms with van der Waals surface area (Å²) in [5.74, 6) is 6.96. The molecule has 0 aliphatic heterocycles. The molecule has 0 bridgehead atoms. The molecule has 0 radical (unpaired) electrons. The van der Waals surface area contributed by atoms with Crippen LogP contribution in [0.1, 0.15) is 30.0 Å². The summed E-state index contributed by atoms with van der Waals surface area (Å²) in [4.78, 5) is 26.8. The summed E-state index contributed by atoms with van der Waals surface area (Å²) in [6.45, 7) is 1.87. The fourth-order valence-electron chi connectivity index (χ4n) is 3.72. The number of benzene rings is 2. The first-order valence-corrected chi connectivity index (χ1v) is 11.3. The van der Waals surface area contributed by atoms with E-state index in [9.17, 15) is 4.79 Å². The summed E-state index contributed by atoms with van der Waals surface area (Å²) in [5, 5.41) is 11.8. The Morgan fingerprint density at radius 1 is 1.03 bits per heavy atom. The van der Waals surface area contributed by atoms with Crippen molar-refractivity contribution >= 4 is 34.1 Å². The van der Waals surface area contributed by atoms with E-state index in [2.05, 4.69) is 37.3 Å². The fourth-order valence-corrected chi connectivity index (χ4v) is 3.97. The quantitative estimate of drug-likeness (QED) is 0.362. The third kappa shape index (κ3) is 4.45. The van der Waals surface area contributed by atoms with Crippen molar-refractivity contribution in [1.82, 2.24) is 29.7 Å². The Morgan fingerprint density at radius 2 is 1.86 bits per heavy atom. The average molecular weight is 495 g/mol. The van der Waals surface area contributed by atoms with E-state index in [1.54, 1.807) is 41.1 Å². The van der Waals surface area contributed by atoms with E-state index >= 15 is 0 Å². The maximum absolute atomic E-state index is 13.6. The standard InChI is InChI=1S/C26H19ClN8O/c1-16(32-24-19(23(28)29-15-30-24)13-12-17-7-6-14-31-34-17)25-33-21-11-5-10-20(27)22(21)26(36)35(25)18-8-3-2-4-9-18/h2-11,14-16H,1H3,(H3,28,29,30,32). The lowest BCUT2D eigenvalue weighted by atomic mass is 10.2. The molecule has 36 heavy (non-hydrogen) atoms. The highest BCUT2D eigenvalue weighted by Gasteiger charge is 2.21. The van der Waals surface area contributed by atoms with Crippen molar-refractivity contribution in [2.75, 3.05) is 11.1 Å². The molecule has 5 rings (SSSR count). The molecule has 3 aromatic heterocycles. The van der Waals surface area contributed by atoms with Crippen LogP contribution < -0.4 is 16.6 Å². The van der Waals surface area contributed by atoms with E-state index < -0.39 is 6.04 Å². The zero-order chi connectivity index (χ0) is 25.1. The summed E-state index contributed by atoms with van der Waals surface area (Å²) in [6, 6.07) is 17.4. The van der Waals surface area contributed by atoms with Gasteiger partial charge in [-0.25, -0.2) is 15.0 Å². The van der Waals surface area contributed by atoms with E-state index in [0.717, 1.165) is 0 Å².